The Morgan fingerprint density at radius 3 is 2.46 bits per heavy atom. The average Bonchev–Trinajstić information content (AvgIpc) is 2.66. The molecule has 0 spiro atoms. The van der Waals surface area contributed by atoms with Gasteiger partial charge >= 0.3 is 0 Å². The topological polar surface area (TPSA) is 49.8 Å². The molecule has 2 N–H and O–H groups in total. The minimum atomic E-state index is 0.356. The van der Waals surface area contributed by atoms with Crippen LogP contribution < -0.4 is 10.0 Å². The van der Waals surface area contributed by atoms with Crippen molar-refractivity contribution in [3.8, 4) is 0 Å². The lowest BCUT2D eigenvalue weighted by atomic mass is 9.90. The molecule has 1 aliphatic carbocycles. The Hall–Kier alpha value is -1.30. The summed E-state index contributed by atoms with van der Waals surface area (Å²) in [5.41, 5.74) is 1.86. The standard InChI is InChI=1S/C11H10ClN3.C11H23NS/c1-8-4-5-9(7-14-8)15-11-10(12)3-2-6-13-11;1-11(2,3)13-12-9-10-7-5-4-6-8-10/h2-7H,1H3,(H,13,15);10,12H,4-9H2,1-3H3. The molecule has 4 nitrogen and oxygen atoms in total. The van der Waals surface area contributed by atoms with E-state index in [0.717, 1.165) is 17.3 Å². The van der Waals surface area contributed by atoms with E-state index in [9.17, 15) is 0 Å². The van der Waals surface area contributed by atoms with Crippen molar-refractivity contribution < 1.29 is 0 Å². The third-order valence-electron chi connectivity index (χ3n) is 4.41. The van der Waals surface area contributed by atoms with Crippen molar-refractivity contribution in [2.45, 2.75) is 64.5 Å². The van der Waals surface area contributed by atoms with Crippen molar-refractivity contribution in [3.05, 3.63) is 47.4 Å². The molecule has 2 heterocycles. The number of pyridine rings is 2. The first kappa shape index (κ1) is 23.0. The Labute approximate surface area is 179 Å². The number of aryl methyl sites for hydroxylation is 1. The van der Waals surface area contributed by atoms with Crippen LogP contribution in [0.15, 0.2) is 36.7 Å². The SMILES string of the molecule is CC(C)(C)SNCC1CCCCC1.Cc1ccc(Nc2ncccc2Cl)cn1. The lowest BCUT2D eigenvalue weighted by molar-refractivity contribution is 0.360. The van der Waals surface area contributed by atoms with Crippen molar-refractivity contribution in [1.82, 2.24) is 14.7 Å². The Kier molecular flexibility index (Phi) is 9.56. The van der Waals surface area contributed by atoms with E-state index in [1.54, 1.807) is 24.5 Å². The number of nitrogens with one attached hydrogen (secondary N) is 2. The first-order valence-corrected chi connectivity index (χ1v) is 11.2. The third kappa shape index (κ3) is 9.26. The predicted molar refractivity (Wildman–Crippen MR) is 123 cm³/mol. The molecule has 0 amide bonds. The Balaban J connectivity index is 0.000000203. The molecule has 0 saturated heterocycles. The van der Waals surface area contributed by atoms with Gasteiger partial charge in [0.15, 0.2) is 0 Å². The maximum Gasteiger partial charge on any atom is 0.149 e. The molecular formula is C22H33ClN4S. The van der Waals surface area contributed by atoms with Crippen LogP contribution in [0, 0.1) is 12.8 Å². The quantitative estimate of drug-likeness (QED) is 0.521. The van der Waals surface area contributed by atoms with Crippen LogP contribution in [0.1, 0.15) is 58.6 Å². The minimum absolute atomic E-state index is 0.356. The summed E-state index contributed by atoms with van der Waals surface area (Å²) in [6.07, 6.45) is 10.7. The van der Waals surface area contributed by atoms with Crippen LogP contribution in [0.25, 0.3) is 0 Å². The van der Waals surface area contributed by atoms with Crippen molar-refractivity contribution in [2.24, 2.45) is 5.92 Å². The lowest BCUT2D eigenvalue weighted by Crippen LogP contribution is -2.24. The summed E-state index contributed by atoms with van der Waals surface area (Å²) in [6.45, 7) is 9.92. The fraction of sp³-hybridized carbons (Fsp3) is 0.545. The Bertz CT molecular complexity index is 694. The minimum Gasteiger partial charge on any atom is -0.338 e. The maximum atomic E-state index is 5.96. The van der Waals surface area contributed by atoms with Crippen LogP contribution in [0.2, 0.25) is 5.02 Å². The number of halogens is 1. The van der Waals surface area contributed by atoms with E-state index in [4.69, 9.17) is 11.6 Å². The van der Waals surface area contributed by atoms with E-state index in [1.807, 2.05) is 31.0 Å². The summed E-state index contributed by atoms with van der Waals surface area (Å²) in [4.78, 5) is 8.30. The number of aromatic nitrogens is 2. The molecule has 1 fully saturated rings. The van der Waals surface area contributed by atoms with Gasteiger partial charge in [0.25, 0.3) is 0 Å². The molecule has 2 aromatic heterocycles. The summed E-state index contributed by atoms with van der Waals surface area (Å²) in [5, 5.41) is 3.69. The largest absolute Gasteiger partial charge is 0.338 e. The van der Waals surface area contributed by atoms with Crippen LogP contribution in [0.3, 0.4) is 0 Å². The van der Waals surface area contributed by atoms with E-state index in [-0.39, 0.29) is 0 Å². The van der Waals surface area contributed by atoms with Crippen LogP contribution in [-0.4, -0.2) is 21.3 Å². The molecule has 0 aromatic carbocycles. The molecule has 1 aliphatic rings. The molecule has 3 rings (SSSR count). The van der Waals surface area contributed by atoms with Crippen molar-refractivity contribution in [1.29, 1.82) is 0 Å². The van der Waals surface area contributed by atoms with Gasteiger partial charge in [-0.3, -0.25) is 9.71 Å². The molecule has 0 atom stereocenters. The van der Waals surface area contributed by atoms with Gasteiger partial charge in [0, 0.05) is 23.2 Å². The molecule has 6 heteroatoms. The van der Waals surface area contributed by atoms with Gasteiger partial charge in [0.05, 0.1) is 16.9 Å². The number of hydrogen-bond donors (Lipinski definition) is 2. The van der Waals surface area contributed by atoms with Gasteiger partial charge in [-0.15, -0.1) is 0 Å². The zero-order valence-electron chi connectivity index (χ0n) is 17.5. The fourth-order valence-corrected chi connectivity index (χ4v) is 3.84. The van der Waals surface area contributed by atoms with Gasteiger partial charge in [-0.05, 0) is 70.7 Å². The number of rotatable bonds is 5. The molecule has 1 saturated carbocycles. The zero-order chi connectivity index (χ0) is 20.4. The highest BCUT2D eigenvalue weighted by atomic mass is 35.5. The van der Waals surface area contributed by atoms with Gasteiger partial charge in [0.2, 0.25) is 0 Å². The Morgan fingerprint density at radius 1 is 1.11 bits per heavy atom. The Morgan fingerprint density at radius 2 is 1.86 bits per heavy atom. The van der Waals surface area contributed by atoms with Gasteiger partial charge in [-0.2, -0.15) is 0 Å². The maximum absolute atomic E-state index is 5.96. The number of nitrogens with zero attached hydrogens (tertiary/aromatic N) is 2. The second-order valence-electron chi connectivity index (χ2n) is 8.21. The number of anilines is 2. The molecule has 0 bridgehead atoms. The lowest BCUT2D eigenvalue weighted by Gasteiger charge is -2.24. The van der Waals surface area contributed by atoms with E-state index < -0.39 is 0 Å². The predicted octanol–water partition coefficient (Wildman–Crippen LogP) is 6.79. The zero-order valence-corrected chi connectivity index (χ0v) is 19.0. The molecule has 28 heavy (non-hydrogen) atoms. The third-order valence-corrected chi connectivity index (χ3v) is 5.64. The normalized spacial score (nSPS) is 14.9. The molecule has 0 radical (unpaired) electrons. The van der Waals surface area contributed by atoms with Gasteiger partial charge < -0.3 is 5.32 Å². The first-order chi connectivity index (χ1) is 13.3. The van der Waals surface area contributed by atoms with Crippen LogP contribution in [0.5, 0.6) is 0 Å². The second-order valence-corrected chi connectivity index (χ2v) is 10.3. The summed E-state index contributed by atoms with van der Waals surface area (Å²) < 4.78 is 3.87. The fourth-order valence-electron chi connectivity index (χ4n) is 2.92. The number of hydrogen-bond acceptors (Lipinski definition) is 5. The summed E-state index contributed by atoms with van der Waals surface area (Å²) in [7, 11) is 0. The average molecular weight is 421 g/mol. The summed E-state index contributed by atoms with van der Waals surface area (Å²) in [5.74, 6) is 1.59. The molecule has 154 valence electrons. The van der Waals surface area contributed by atoms with E-state index in [0.29, 0.717) is 15.6 Å². The molecular weight excluding hydrogens is 388 g/mol. The molecule has 2 aromatic rings. The van der Waals surface area contributed by atoms with E-state index >= 15 is 0 Å². The first-order valence-electron chi connectivity index (χ1n) is 10.0. The van der Waals surface area contributed by atoms with Gasteiger partial charge in [-0.1, -0.05) is 42.8 Å². The molecule has 0 unspecified atom stereocenters. The highest BCUT2D eigenvalue weighted by Crippen LogP contribution is 2.25. The van der Waals surface area contributed by atoms with Crippen molar-refractivity contribution in [2.75, 3.05) is 11.9 Å². The smallest absolute Gasteiger partial charge is 0.149 e. The van der Waals surface area contributed by atoms with Gasteiger partial charge in [0.1, 0.15) is 5.82 Å². The highest BCUT2D eigenvalue weighted by molar-refractivity contribution is 7.98. The summed E-state index contributed by atoms with van der Waals surface area (Å²) in [6, 6.07) is 7.45. The van der Waals surface area contributed by atoms with Crippen molar-refractivity contribution in [3.63, 3.8) is 0 Å². The summed E-state index contributed by atoms with van der Waals surface area (Å²) >= 11 is 7.84. The van der Waals surface area contributed by atoms with E-state index in [2.05, 4.69) is 40.8 Å². The highest BCUT2D eigenvalue weighted by Gasteiger charge is 2.15. The molecule has 0 aliphatic heterocycles. The van der Waals surface area contributed by atoms with Crippen LogP contribution >= 0.6 is 23.5 Å². The monoisotopic (exact) mass is 420 g/mol. The van der Waals surface area contributed by atoms with Gasteiger partial charge in [-0.25, -0.2) is 4.98 Å². The van der Waals surface area contributed by atoms with E-state index in [1.165, 1.54) is 38.6 Å². The van der Waals surface area contributed by atoms with Crippen LogP contribution in [-0.2, 0) is 0 Å². The van der Waals surface area contributed by atoms with Crippen molar-refractivity contribution >= 4 is 35.1 Å². The second kappa shape index (κ2) is 11.6. The van der Waals surface area contributed by atoms with Crippen LogP contribution in [0.4, 0.5) is 11.5 Å².